The quantitative estimate of drug-likeness (QED) is 0.381. The molecule has 0 nitrogen and oxygen atoms in total. The van der Waals surface area contributed by atoms with Crippen LogP contribution in [0.5, 0.6) is 0 Å². The van der Waals surface area contributed by atoms with Crippen molar-refractivity contribution in [3.8, 4) is 0 Å². The van der Waals surface area contributed by atoms with E-state index in [9.17, 15) is 26.3 Å². The molecule has 0 saturated heterocycles. The summed E-state index contributed by atoms with van der Waals surface area (Å²) in [4.78, 5) is 0. The van der Waals surface area contributed by atoms with E-state index in [0.717, 1.165) is 12.2 Å². The Balaban J connectivity index is 3.68. The van der Waals surface area contributed by atoms with Crippen LogP contribution in [0.15, 0.2) is 24.3 Å². The van der Waals surface area contributed by atoms with E-state index in [1.165, 1.54) is 0 Å². The third-order valence-electron chi connectivity index (χ3n) is 1.11. The highest BCUT2D eigenvalue weighted by atomic mass is 19.4. The van der Waals surface area contributed by atoms with E-state index in [-0.39, 0.29) is 25.0 Å². The first-order valence-corrected chi connectivity index (χ1v) is 3.69. The van der Waals surface area contributed by atoms with Crippen molar-refractivity contribution < 1.29 is 26.3 Å². The fourth-order valence-corrected chi connectivity index (χ4v) is 0.626. The van der Waals surface area contributed by atoms with Gasteiger partial charge in [-0.1, -0.05) is 12.2 Å². The molecule has 0 heterocycles. The monoisotopic (exact) mass is 218 g/mol. The van der Waals surface area contributed by atoms with Gasteiger partial charge in [0.15, 0.2) is 0 Å². The van der Waals surface area contributed by atoms with Crippen LogP contribution in [0.2, 0.25) is 0 Å². The Bertz CT molecular complexity index is 183. The molecule has 0 spiro atoms. The minimum absolute atomic E-state index is 0.00836. The van der Waals surface area contributed by atoms with Crippen molar-refractivity contribution in [3.05, 3.63) is 24.3 Å². The second kappa shape index (κ2) is 5.07. The standard InChI is InChI=1S/C8H8F6/c9-7(10,11)5-3-1-2-4-6-8(12,13)14/h3-6H,1-2H2. The minimum atomic E-state index is -4.40. The molecule has 82 valence electrons. The number of rotatable bonds is 3. The van der Waals surface area contributed by atoms with Crippen molar-refractivity contribution in [2.45, 2.75) is 25.2 Å². The highest BCUT2D eigenvalue weighted by Gasteiger charge is 2.22. The van der Waals surface area contributed by atoms with Gasteiger partial charge in [-0.15, -0.1) is 0 Å². The second-order valence-corrected chi connectivity index (χ2v) is 2.47. The Hall–Kier alpha value is -0.940. The van der Waals surface area contributed by atoms with Gasteiger partial charge in [0.25, 0.3) is 0 Å². The van der Waals surface area contributed by atoms with Crippen molar-refractivity contribution in [3.63, 3.8) is 0 Å². The molecule has 0 amide bonds. The highest BCUT2D eigenvalue weighted by molar-refractivity contribution is 4.93. The lowest BCUT2D eigenvalue weighted by Gasteiger charge is -1.97. The molecule has 0 fully saturated rings. The van der Waals surface area contributed by atoms with Crippen LogP contribution in [0, 0.1) is 0 Å². The van der Waals surface area contributed by atoms with E-state index in [4.69, 9.17) is 0 Å². The smallest absolute Gasteiger partial charge is 0.167 e. The summed E-state index contributed by atoms with van der Waals surface area (Å²) < 4.78 is 68.8. The van der Waals surface area contributed by atoms with Gasteiger partial charge in [0.2, 0.25) is 0 Å². The molecule has 0 aromatic heterocycles. The first kappa shape index (κ1) is 13.1. The molecule has 0 radical (unpaired) electrons. The van der Waals surface area contributed by atoms with E-state index in [0.29, 0.717) is 0 Å². The first-order valence-electron chi connectivity index (χ1n) is 3.69. The molecule has 0 aliphatic heterocycles. The maximum absolute atomic E-state index is 11.5. The summed E-state index contributed by atoms with van der Waals surface area (Å²) in [5, 5.41) is 0. The number of halogens is 6. The lowest BCUT2D eigenvalue weighted by atomic mass is 10.2. The molecule has 0 aliphatic rings. The van der Waals surface area contributed by atoms with Gasteiger partial charge in [-0.25, -0.2) is 0 Å². The zero-order valence-corrected chi connectivity index (χ0v) is 6.99. The molecule has 0 aliphatic carbocycles. The Kier molecular flexibility index (Phi) is 4.73. The van der Waals surface area contributed by atoms with Crippen LogP contribution in [-0.4, -0.2) is 12.4 Å². The third kappa shape index (κ3) is 11.1. The summed E-state index contributed by atoms with van der Waals surface area (Å²) >= 11 is 0. The van der Waals surface area contributed by atoms with E-state index in [1.54, 1.807) is 0 Å². The second-order valence-electron chi connectivity index (χ2n) is 2.47. The van der Waals surface area contributed by atoms with E-state index >= 15 is 0 Å². The molecule has 6 heteroatoms. The number of hydrogen-bond donors (Lipinski definition) is 0. The number of unbranched alkanes of at least 4 members (excludes halogenated alkanes) is 1. The molecule has 0 bridgehead atoms. The van der Waals surface area contributed by atoms with Crippen LogP contribution in [0.3, 0.4) is 0 Å². The molecule has 0 unspecified atom stereocenters. The Labute approximate surface area is 76.9 Å². The SMILES string of the molecule is FC(F)(F)C=CCCC=CC(F)(F)F. The average Bonchev–Trinajstić information content (AvgIpc) is 1.92. The number of alkyl halides is 6. The summed E-state index contributed by atoms with van der Waals surface area (Å²) in [6, 6.07) is 0. The predicted octanol–water partition coefficient (Wildman–Crippen LogP) is 4.00. The van der Waals surface area contributed by atoms with Gasteiger partial charge in [0.05, 0.1) is 0 Å². The van der Waals surface area contributed by atoms with Crippen molar-refractivity contribution in [2.75, 3.05) is 0 Å². The van der Waals surface area contributed by atoms with Crippen LogP contribution >= 0.6 is 0 Å². The summed E-state index contributed by atoms with van der Waals surface area (Å²) in [7, 11) is 0. The predicted molar refractivity (Wildman–Crippen MR) is 39.6 cm³/mol. The van der Waals surface area contributed by atoms with Gasteiger partial charge in [0, 0.05) is 12.2 Å². The lowest BCUT2D eigenvalue weighted by Crippen LogP contribution is -2.00. The topological polar surface area (TPSA) is 0 Å². The summed E-state index contributed by atoms with van der Waals surface area (Å²) in [6.45, 7) is 0. The van der Waals surface area contributed by atoms with Gasteiger partial charge in [0.1, 0.15) is 0 Å². The fourth-order valence-electron chi connectivity index (χ4n) is 0.626. The van der Waals surface area contributed by atoms with Crippen molar-refractivity contribution in [1.82, 2.24) is 0 Å². The Morgan fingerprint density at radius 3 is 1.14 bits per heavy atom. The van der Waals surface area contributed by atoms with Gasteiger partial charge in [-0.05, 0) is 12.8 Å². The summed E-state index contributed by atoms with van der Waals surface area (Å²) in [5.74, 6) is 0. The molecule has 0 aromatic carbocycles. The fraction of sp³-hybridized carbons (Fsp3) is 0.500. The van der Waals surface area contributed by atoms with Crippen LogP contribution in [0.1, 0.15) is 12.8 Å². The molecular weight excluding hydrogens is 210 g/mol. The number of allylic oxidation sites excluding steroid dienone is 4. The zero-order chi connectivity index (χ0) is 11.2. The Morgan fingerprint density at radius 1 is 0.643 bits per heavy atom. The van der Waals surface area contributed by atoms with Crippen molar-refractivity contribution >= 4 is 0 Å². The minimum Gasteiger partial charge on any atom is -0.167 e. The number of hydrogen-bond acceptors (Lipinski definition) is 0. The van der Waals surface area contributed by atoms with Gasteiger partial charge < -0.3 is 0 Å². The van der Waals surface area contributed by atoms with Crippen molar-refractivity contribution in [2.24, 2.45) is 0 Å². The molecule has 14 heavy (non-hydrogen) atoms. The van der Waals surface area contributed by atoms with Gasteiger partial charge >= 0.3 is 12.4 Å². The summed E-state index contributed by atoms with van der Waals surface area (Å²) in [6.07, 6.45) is -7.32. The maximum Gasteiger partial charge on any atom is 0.409 e. The molecule has 0 rings (SSSR count). The van der Waals surface area contributed by atoms with Gasteiger partial charge in [-0.2, -0.15) is 26.3 Å². The van der Waals surface area contributed by atoms with E-state index in [1.807, 2.05) is 0 Å². The van der Waals surface area contributed by atoms with Crippen LogP contribution in [0.25, 0.3) is 0 Å². The molecule has 0 aromatic rings. The van der Waals surface area contributed by atoms with Crippen molar-refractivity contribution in [1.29, 1.82) is 0 Å². The van der Waals surface area contributed by atoms with E-state index < -0.39 is 12.4 Å². The molecule has 0 saturated carbocycles. The van der Waals surface area contributed by atoms with Crippen LogP contribution in [0.4, 0.5) is 26.3 Å². The first-order chi connectivity index (χ1) is 6.21. The highest BCUT2D eigenvalue weighted by Crippen LogP contribution is 2.18. The third-order valence-corrected chi connectivity index (χ3v) is 1.11. The Morgan fingerprint density at radius 2 is 0.929 bits per heavy atom. The van der Waals surface area contributed by atoms with Gasteiger partial charge in [-0.3, -0.25) is 0 Å². The van der Waals surface area contributed by atoms with E-state index in [2.05, 4.69) is 0 Å². The van der Waals surface area contributed by atoms with Crippen LogP contribution in [-0.2, 0) is 0 Å². The maximum atomic E-state index is 11.5. The lowest BCUT2D eigenvalue weighted by molar-refractivity contribution is -0.0812. The summed E-state index contributed by atoms with van der Waals surface area (Å²) in [5.41, 5.74) is 0. The normalized spacial score (nSPS) is 14.4. The van der Waals surface area contributed by atoms with Crippen LogP contribution < -0.4 is 0 Å². The zero-order valence-electron chi connectivity index (χ0n) is 6.99. The molecule has 0 N–H and O–H groups in total. The largest absolute Gasteiger partial charge is 0.409 e. The molecular formula is C8H8F6. The average molecular weight is 218 g/mol. The molecule has 0 atom stereocenters.